The number of carbonyl (C=O) groups is 2. The molecule has 0 radical (unpaired) electrons. The summed E-state index contributed by atoms with van der Waals surface area (Å²) in [6, 6.07) is 13.1. The molecule has 3 rings (SSSR count). The van der Waals surface area contributed by atoms with Crippen LogP contribution in [0.1, 0.15) is 17.3 Å². The number of nitrogens with zero attached hydrogens (tertiary/aromatic N) is 2. The zero-order valence-electron chi connectivity index (χ0n) is 15.1. The lowest BCUT2D eigenvalue weighted by Crippen LogP contribution is -2.41. The highest BCUT2D eigenvalue weighted by Crippen LogP contribution is 2.28. The molecule has 9 heteroatoms. The summed E-state index contributed by atoms with van der Waals surface area (Å²) in [7, 11) is 1.59. The van der Waals surface area contributed by atoms with Gasteiger partial charge in [0.15, 0.2) is 0 Å². The third kappa shape index (κ3) is 4.85. The second-order valence-corrected chi connectivity index (χ2v) is 7.25. The summed E-state index contributed by atoms with van der Waals surface area (Å²) in [5.74, 6) is -0.0844. The Balaban J connectivity index is 1.63. The van der Waals surface area contributed by atoms with Crippen LogP contribution in [0, 0.1) is 0 Å². The molecule has 1 heterocycles. The minimum atomic E-state index is -0.768. The van der Waals surface area contributed by atoms with Gasteiger partial charge >= 0.3 is 0 Å². The first kappa shape index (κ1) is 19.8. The number of benzene rings is 2. The second-order valence-electron chi connectivity index (χ2n) is 5.84. The standard InChI is InChI=1S/C19H17ClN4O3S/c1-11(21-17(26)12-5-3-7-14(20)9-12)16(25)22-19-24-23-18(28-19)13-6-4-8-15(10-13)27-2/h3-11H,1-2H3,(H,21,26)(H,22,24,25). The molecule has 2 N–H and O–H groups in total. The fourth-order valence-corrected chi connectivity index (χ4v) is 3.27. The number of hydrogen-bond acceptors (Lipinski definition) is 6. The number of nitrogens with one attached hydrogen (secondary N) is 2. The van der Waals surface area contributed by atoms with Crippen LogP contribution in [0.5, 0.6) is 5.75 Å². The molecule has 0 fully saturated rings. The van der Waals surface area contributed by atoms with E-state index in [0.29, 0.717) is 26.5 Å². The van der Waals surface area contributed by atoms with E-state index in [-0.39, 0.29) is 5.91 Å². The van der Waals surface area contributed by atoms with Crippen molar-refractivity contribution in [3.63, 3.8) is 0 Å². The predicted octanol–water partition coefficient (Wildman–Crippen LogP) is 3.62. The van der Waals surface area contributed by atoms with Crippen LogP contribution >= 0.6 is 22.9 Å². The largest absolute Gasteiger partial charge is 0.497 e. The molecule has 7 nitrogen and oxygen atoms in total. The summed E-state index contributed by atoms with van der Waals surface area (Å²) in [6.07, 6.45) is 0. The molecule has 1 aromatic heterocycles. The third-order valence-electron chi connectivity index (χ3n) is 3.80. The first-order chi connectivity index (χ1) is 13.5. The van der Waals surface area contributed by atoms with Gasteiger partial charge in [-0.15, -0.1) is 10.2 Å². The van der Waals surface area contributed by atoms with Crippen LogP contribution in [-0.4, -0.2) is 35.2 Å². The Labute approximate surface area is 170 Å². The summed E-state index contributed by atoms with van der Waals surface area (Å²) in [6.45, 7) is 1.59. The average molecular weight is 417 g/mol. The quantitative estimate of drug-likeness (QED) is 0.640. The maximum Gasteiger partial charge on any atom is 0.251 e. The monoisotopic (exact) mass is 416 g/mol. The minimum Gasteiger partial charge on any atom is -0.497 e. The van der Waals surface area contributed by atoms with Crippen molar-refractivity contribution < 1.29 is 14.3 Å². The lowest BCUT2D eigenvalue weighted by molar-refractivity contribution is -0.117. The maximum atomic E-state index is 12.4. The molecular formula is C19H17ClN4O3S. The summed E-state index contributed by atoms with van der Waals surface area (Å²) in [5, 5.41) is 14.8. The van der Waals surface area contributed by atoms with Crippen molar-refractivity contribution in [3.05, 3.63) is 59.1 Å². The van der Waals surface area contributed by atoms with Crippen molar-refractivity contribution in [1.82, 2.24) is 15.5 Å². The zero-order valence-corrected chi connectivity index (χ0v) is 16.7. The number of hydrogen-bond donors (Lipinski definition) is 2. The lowest BCUT2D eigenvalue weighted by Gasteiger charge is -2.12. The van der Waals surface area contributed by atoms with E-state index >= 15 is 0 Å². The molecule has 144 valence electrons. The molecule has 0 saturated heterocycles. The minimum absolute atomic E-state index is 0.340. The van der Waals surface area contributed by atoms with Gasteiger partial charge in [-0.25, -0.2) is 0 Å². The Morgan fingerprint density at radius 3 is 2.68 bits per heavy atom. The van der Waals surface area contributed by atoms with Gasteiger partial charge in [-0.1, -0.05) is 41.1 Å². The number of aromatic nitrogens is 2. The first-order valence-electron chi connectivity index (χ1n) is 8.31. The summed E-state index contributed by atoms with van der Waals surface area (Å²) in [5.41, 5.74) is 1.21. The third-order valence-corrected chi connectivity index (χ3v) is 4.92. The topological polar surface area (TPSA) is 93.2 Å². The van der Waals surface area contributed by atoms with E-state index in [9.17, 15) is 9.59 Å². The maximum absolute atomic E-state index is 12.4. The second kappa shape index (κ2) is 8.81. The van der Waals surface area contributed by atoms with Crippen LogP contribution in [0.15, 0.2) is 48.5 Å². The van der Waals surface area contributed by atoms with Crippen LogP contribution in [-0.2, 0) is 4.79 Å². The lowest BCUT2D eigenvalue weighted by atomic mass is 10.2. The van der Waals surface area contributed by atoms with Gasteiger partial charge in [0, 0.05) is 16.1 Å². The molecule has 0 aliphatic carbocycles. The highest BCUT2D eigenvalue weighted by molar-refractivity contribution is 7.18. The van der Waals surface area contributed by atoms with E-state index in [4.69, 9.17) is 16.3 Å². The molecule has 0 saturated carbocycles. The number of anilines is 1. The smallest absolute Gasteiger partial charge is 0.251 e. The SMILES string of the molecule is COc1cccc(-c2nnc(NC(=O)C(C)NC(=O)c3cccc(Cl)c3)s2)c1. The van der Waals surface area contributed by atoms with E-state index in [0.717, 1.165) is 5.56 Å². The molecule has 0 aliphatic heterocycles. The van der Waals surface area contributed by atoms with E-state index in [1.54, 1.807) is 32.2 Å². The van der Waals surface area contributed by atoms with Gasteiger partial charge < -0.3 is 10.1 Å². The van der Waals surface area contributed by atoms with Gasteiger partial charge in [-0.2, -0.15) is 0 Å². The van der Waals surface area contributed by atoms with Crippen molar-refractivity contribution >= 4 is 39.9 Å². The van der Waals surface area contributed by atoms with Gasteiger partial charge in [0.2, 0.25) is 11.0 Å². The van der Waals surface area contributed by atoms with Crippen LogP contribution in [0.3, 0.4) is 0 Å². The molecule has 0 bridgehead atoms. The van der Waals surface area contributed by atoms with Gasteiger partial charge in [0.05, 0.1) is 7.11 Å². The summed E-state index contributed by atoms with van der Waals surface area (Å²) < 4.78 is 5.20. The van der Waals surface area contributed by atoms with Gasteiger partial charge in [-0.05, 0) is 37.3 Å². The summed E-state index contributed by atoms with van der Waals surface area (Å²) in [4.78, 5) is 24.6. The van der Waals surface area contributed by atoms with Crippen molar-refractivity contribution in [3.8, 4) is 16.3 Å². The molecule has 2 aromatic carbocycles. The van der Waals surface area contributed by atoms with Crippen LogP contribution in [0.25, 0.3) is 10.6 Å². The zero-order chi connectivity index (χ0) is 20.1. The fourth-order valence-electron chi connectivity index (χ4n) is 2.34. The van der Waals surface area contributed by atoms with Crippen molar-refractivity contribution in [1.29, 1.82) is 0 Å². The van der Waals surface area contributed by atoms with E-state index in [1.165, 1.54) is 17.4 Å². The van der Waals surface area contributed by atoms with E-state index in [2.05, 4.69) is 20.8 Å². The molecule has 1 atom stereocenters. The molecule has 3 aromatic rings. The highest BCUT2D eigenvalue weighted by Gasteiger charge is 2.19. The number of amides is 2. The number of methoxy groups -OCH3 is 1. The summed E-state index contributed by atoms with van der Waals surface area (Å²) >= 11 is 7.11. The Morgan fingerprint density at radius 2 is 1.93 bits per heavy atom. The highest BCUT2D eigenvalue weighted by atomic mass is 35.5. The van der Waals surface area contributed by atoms with Crippen LogP contribution < -0.4 is 15.4 Å². The number of ether oxygens (including phenoxy) is 1. The van der Waals surface area contributed by atoms with Crippen LogP contribution in [0.4, 0.5) is 5.13 Å². The van der Waals surface area contributed by atoms with Gasteiger partial charge in [0.1, 0.15) is 16.8 Å². The van der Waals surface area contributed by atoms with Gasteiger partial charge in [-0.3, -0.25) is 14.9 Å². The predicted molar refractivity (Wildman–Crippen MR) is 109 cm³/mol. The van der Waals surface area contributed by atoms with Crippen LogP contribution in [0.2, 0.25) is 5.02 Å². The number of halogens is 1. The molecule has 2 amide bonds. The first-order valence-corrected chi connectivity index (χ1v) is 9.51. The fraction of sp³-hybridized carbons (Fsp3) is 0.158. The van der Waals surface area contributed by atoms with Crippen molar-refractivity contribution in [2.45, 2.75) is 13.0 Å². The number of carbonyl (C=O) groups excluding carboxylic acids is 2. The van der Waals surface area contributed by atoms with Gasteiger partial charge in [0.25, 0.3) is 5.91 Å². The Morgan fingerprint density at radius 1 is 1.14 bits per heavy atom. The molecule has 0 spiro atoms. The molecule has 28 heavy (non-hydrogen) atoms. The molecule has 0 aliphatic rings. The Hall–Kier alpha value is -2.97. The van der Waals surface area contributed by atoms with E-state index in [1.807, 2.05) is 24.3 Å². The Kier molecular flexibility index (Phi) is 6.23. The molecular weight excluding hydrogens is 400 g/mol. The van der Waals surface area contributed by atoms with E-state index < -0.39 is 11.9 Å². The van der Waals surface area contributed by atoms with Crippen molar-refractivity contribution in [2.24, 2.45) is 0 Å². The number of rotatable bonds is 6. The Bertz CT molecular complexity index is 1010. The molecule has 1 unspecified atom stereocenters. The normalized spacial score (nSPS) is 11.5. The van der Waals surface area contributed by atoms with Crippen molar-refractivity contribution in [2.75, 3.05) is 12.4 Å². The average Bonchev–Trinajstić information content (AvgIpc) is 3.16.